The van der Waals surface area contributed by atoms with Gasteiger partial charge in [-0.2, -0.15) is 0 Å². The van der Waals surface area contributed by atoms with Crippen molar-refractivity contribution < 1.29 is 32.1 Å². The molecule has 0 amide bonds. The maximum Gasteiger partial charge on any atom is 0.530 e. The minimum Gasteiger partial charge on any atom is -0.564 e. The molecule has 0 fully saturated rings. The lowest BCUT2D eigenvalue weighted by atomic mass is 9.77. The summed E-state index contributed by atoms with van der Waals surface area (Å²) in [5.41, 5.74) is 2.80. The van der Waals surface area contributed by atoms with Crippen molar-refractivity contribution in [2.45, 2.75) is 118 Å². The lowest BCUT2D eigenvalue weighted by molar-refractivity contribution is -0.153. The predicted molar refractivity (Wildman–Crippen MR) is 192 cm³/mol. The van der Waals surface area contributed by atoms with Crippen LogP contribution in [0.5, 0.6) is 5.75 Å². The average molecular weight is 683 g/mol. The Bertz CT molecular complexity index is 1460. The summed E-state index contributed by atoms with van der Waals surface area (Å²) in [6, 6.07) is 22.8. The van der Waals surface area contributed by atoms with Crippen LogP contribution >= 0.6 is 7.82 Å². The molecule has 0 unspecified atom stereocenters. The van der Waals surface area contributed by atoms with Gasteiger partial charge in [-0.15, -0.1) is 18.1 Å². The summed E-state index contributed by atoms with van der Waals surface area (Å²) >= 11 is 0. The molecule has 3 rings (SSSR count). The molecule has 9 heteroatoms. The molecule has 0 N–H and O–H groups in total. The van der Waals surface area contributed by atoms with E-state index in [0.717, 1.165) is 27.8 Å². The fourth-order valence-electron chi connectivity index (χ4n) is 4.91. The van der Waals surface area contributed by atoms with Gasteiger partial charge in [0.2, 0.25) is 0 Å². The molecule has 0 atom stereocenters. The Labute approximate surface area is 284 Å². The molecular weight excluding hydrogens is 627 g/mol. The first-order chi connectivity index (χ1) is 21.7. The van der Waals surface area contributed by atoms with E-state index in [2.05, 4.69) is 47.7 Å². The van der Waals surface area contributed by atoms with E-state index in [4.69, 9.17) is 22.7 Å². The molecule has 0 aliphatic rings. The zero-order valence-corrected chi connectivity index (χ0v) is 32.2. The fourth-order valence-corrected chi connectivity index (χ4v) is 7.13. The third-order valence-electron chi connectivity index (χ3n) is 8.43. The summed E-state index contributed by atoms with van der Waals surface area (Å²) in [6.07, 6.45) is 0.664. The number of benzene rings is 3. The molecule has 0 aliphatic carbocycles. The highest BCUT2D eigenvalue weighted by Crippen LogP contribution is 2.54. The third-order valence-corrected chi connectivity index (χ3v) is 14.3. The Hall–Kier alpha value is -2.74. The van der Waals surface area contributed by atoms with E-state index in [1.165, 1.54) is 0 Å². The van der Waals surface area contributed by atoms with Crippen molar-refractivity contribution in [3.8, 4) is 5.75 Å². The van der Waals surface area contributed by atoms with Gasteiger partial charge in [-0.1, -0.05) is 101 Å². The molecule has 7 nitrogen and oxygen atoms in total. The first-order valence-corrected chi connectivity index (χ1v) is 20.7. The van der Waals surface area contributed by atoms with Crippen molar-refractivity contribution >= 4 is 22.1 Å². The van der Waals surface area contributed by atoms with Crippen LogP contribution in [0.25, 0.3) is 0 Å². The van der Waals surface area contributed by atoms with E-state index in [1.54, 1.807) is 0 Å². The molecule has 0 radical (unpaired) electrons. The molecule has 3 aromatic carbocycles. The summed E-state index contributed by atoms with van der Waals surface area (Å²) < 4.78 is 45.2. The zero-order valence-electron chi connectivity index (χ0n) is 30.3. The lowest BCUT2D eigenvalue weighted by Crippen LogP contribution is -2.41. The number of hydrogen-bond donors (Lipinski definition) is 0. The van der Waals surface area contributed by atoms with Crippen molar-refractivity contribution in [1.29, 1.82) is 0 Å². The lowest BCUT2D eigenvalue weighted by Gasteiger charge is -2.49. The molecule has 0 spiro atoms. The second-order valence-electron chi connectivity index (χ2n) is 15.4. The van der Waals surface area contributed by atoms with Crippen molar-refractivity contribution in [1.82, 2.24) is 0 Å². The Balaban J connectivity index is 2.05. The maximum absolute atomic E-state index is 14.5. The van der Waals surface area contributed by atoms with Crippen LogP contribution in [-0.4, -0.2) is 26.5 Å². The molecule has 0 aliphatic heterocycles. The highest BCUT2D eigenvalue weighted by Gasteiger charge is 2.36. The molecular formula is C38H55O7PSi-. The molecule has 0 saturated heterocycles. The van der Waals surface area contributed by atoms with Crippen LogP contribution < -0.4 is 4.52 Å². The highest BCUT2D eigenvalue weighted by molar-refractivity contribution is 7.48. The van der Waals surface area contributed by atoms with E-state index in [0.29, 0.717) is 18.8 Å². The summed E-state index contributed by atoms with van der Waals surface area (Å²) in [6.45, 7) is 23.4. The third kappa shape index (κ3) is 12.0. The van der Waals surface area contributed by atoms with Crippen LogP contribution in [-0.2, 0) is 52.6 Å². The molecule has 0 heterocycles. The minimum atomic E-state index is -4.19. The molecule has 0 saturated carbocycles. The van der Waals surface area contributed by atoms with Crippen LogP contribution in [0.15, 0.2) is 72.8 Å². The van der Waals surface area contributed by atoms with Crippen LogP contribution in [0.3, 0.4) is 0 Å². The fraction of sp³-hybridized carbons (Fsp3) is 0.500. The minimum absolute atomic E-state index is 0.0250. The molecule has 47 heavy (non-hydrogen) atoms. The average Bonchev–Trinajstić information content (AvgIpc) is 2.94. The summed E-state index contributed by atoms with van der Waals surface area (Å²) in [5.74, 6) is -0.00203. The van der Waals surface area contributed by atoms with Crippen molar-refractivity contribution in [3.05, 3.63) is 101 Å². The summed E-state index contributed by atoms with van der Waals surface area (Å²) in [5, 5.41) is 0.0654. The van der Waals surface area contributed by atoms with Crippen LogP contribution in [0.2, 0.25) is 18.1 Å². The first-order valence-electron chi connectivity index (χ1n) is 16.4. The zero-order chi connectivity index (χ0) is 35.1. The smallest absolute Gasteiger partial charge is 0.530 e. The Morgan fingerprint density at radius 3 is 1.77 bits per heavy atom. The monoisotopic (exact) mass is 682 g/mol. The largest absolute Gasteiger partial charge is 0.564 e. The van der Waals surface area contributed by atoms with E-state index < -0.39 is 27.2 Å². The number of ether oxygens (including phenoxy) is 1. The SMILES string of the molecule is Cc1cc(CC(=O)OC(C)(C)C)c(C(C)(C)CCO[Si-](C)(C)C(C)(C)C)c(OP(=O)(OCc2ccccc2)OCc2ccccc2)c1. The normalized spacial score (nSPS) is 13.0. The van der Waals surface area contributed by atoms with Gasteiger partial charge in [0.25, 0.3) is 0 Å². The van der Waals surface area contributed by atoms with Crippen LogP contribution in [0.1, 0.15) is 89.6 Å². The van der Waals surface area contributed by atoms with Gasteiger partial charge in [-0.25, -0.2) is 4.57 Å². The highest BCUT2D eigenvalue weighted by atomic mass is 31.2. The van der Waals surface area contributed by atoms with E-state index >= 15 is 0 Å². The molecule has 259 valence electrons. The molecule has 0 bridgehead atoms. The second-order valence-corrected chi connectivity index (χ2v) is 21.8. The van der Waals surface area contributed by atoms with Gasteiger partial charge < -0.3 is 13.7 Å². The molecule has 0 aromatic heterocycles. The van der Waals surface area contributed by atoms with E-state index in [1.807, 2.05) is 100 Å². The number of esters is 1. The number of carbonyl (C=O) groups excluding carboxylic acids is 1. The topological polar surface area (TPSA) is 80.3 Å². The Morgan fingerprint density at radius 1 is 0.787 bits per heavy atom. The standard InChI is InChI=1S/C38H55O7PSi/c1-29-24-32(26-34(39)44-36(2,3)4)35(38(8,9)22-23-43-47(10,11)37(5,6)7)33(25-29)45-46(40,41-27-30-18-14-12-15-19-30)42-28-31-20-16-13-17-21-31/h12-21,24-25H,22-23,26-28H2,1-11H3/q-1. The number of hydrogen-bond acceptors (Lipinski definition) is 7. The van der Waals surface area contributed by atoms with Gasteiger partial charge in [0, 0.05) is 12.2 Å². The van der Waals surface area contributed by atoms with Crippen molar-refractivity contribution in [2.24, 2.45) is 0 Å². The van der Waals surface area contributed by atoms with Gasteiger partial charge in [-0.3, -0.25) is 13.8 Å². The van der Waals surface area contributed by atoms with Crippen LogP contribution in [0, 0.1) is 6.92 Å². The van der Waals surface area contributed by atoms with Gasteiger partial charge in [0.1, 0.15) is 11.4 Å². The van der Waals surface area contributed by atoms with Crippen LogP contribution in [0.4, 0.5) is 0 Å². The predicted octanol–water partition coefficient (Wildman–Crippen LogP) is 10.5. The Kier molecular flexibility index (Phi) is 12.9. The van der Waals surface area contributed by atoms with Gasteiger partial charge >= 0.3 is 13.8 Å². The van der Waals surface area contributed by atoms with E-state index in [9.17, 15) is 9.36 Å². The van der Waals surface area contributed by atoms with Crippen molar-refractivity contribution in [2.75, 3.05) is 6.61 Å². The number of rotatable bonds is 15. The Morgan fingerprint density at radius 2 is 1.30 bits per heavy atom. The van der Waals surface area contributed by atoms with Gasteiger partial charge in [-0.05, 0) is 76.2 Å². The molecule has 3 aromatic rings. The number of phosphoric acid groups is 1. The number of phosphoric ester groups is 1. The first kappa shape index (κ1) is 38.7. The van der Waals surface area contributed by atoms with Gasteiger partial charge in [0.15, 0.2) is 0 Å². The van der Waals surface area contributed by atoms with Crippen molar-refractivity contribution in [3.63, 3.8) is 0 Å². The van der Waals surface area contributed by atoms with E-state index in [-0.39, 0.29) is 30.6 Å². The summed E-state index contributed by atoms with van der Waals surface area (Å²) in [7, 11) is -6.20. The quantitative estimate of drug-likeness (QED) is 0.0896. The number of aryl methyl sites for hydroxylation is 1. The maximum atomic E-state index is 14.5. The number of carbonyl (C=O) groups is 1. The summed E-state index contributed by atoms with van der Waals surface area (Å²) in [4.78, 5) is 13.2. The second kappa shape index (κ2) is 15.6. The van der Waals surface area contributed by atoms with Gasteiger partial charge in [0.05, 0.1) is 19.6 Å².